The molecular weight excluding hydrogens is 318 g/mol. The number of ether oxygens (including phenoxy) is 1. The molecule has 0 aliphatic heterocycles. The summed E-state index contributed by atoms with van der Waals surface area (Å²) in [5, 5.41) is 12.2. The molecule has 0 saturated heterocycles. The maximum absolute atomic E-state index is 12.3. The Morgan fingerprint density at radius 1 is 1.36 bits per heavy atom. The van der Waals surface area contributed by atoms with E-state index in [2.05, 4.69) is 29.4 Å². The Morgan fingerprint density at radius 3 is 2.86 bits per heavy atom. The number of methoxy groups -OCH3 is 1. The van der Waals surface area contributed by atoms with E-state index in [9.17, 15) is 4.79 Å². The van der Waals surface area contributed by atoms with E-state index in [0.717, 1.165) is 16.0 Å². The molecule has 2 aromatic rings. The predicted octanol–water partition coefficient (Wildman–Crippen LogP) is 3.59. The number of nitrogens with one attached hydrogen (secondary N) is 1. The number of carbonyl (C=O) groups is 1. The smallest absolute Gasteiger partial charge is 0.206 e. The van der Waals surface area contributed by atoms with E-state index >= 15 is 0 Å². The van der Waals surface area contributed by atoms with Crippen LogP contribution in [0.15, 0.2) is 28.6 Å². The lowest BCUT2D eigenvalue weighted by Crippen LogP contribution is -2.07. The van der Waals surface area contributed by atoms with E-state index in [1.165, 1.54) is 23.1 Å². The standard InChI is InChI=1S/C15H19N3O2S2/c1-10(2)8-16-14-17-18-15(22-14)21-9-12(19)11-6-4-5-7-13(11)20-3/h4-7,10H,8-9H2,1-3H3,(H,16,17). The Hall–Kier alpha value is -1.60. The Labute approximate surface area is 138 Å². The first kappa shape index (κ1) is 16.8. The van der Waals surface area contributed by atoms with Crippen LogP contribution in [0.1, 0.15) is 24.2 Å². The molecule has 0 bridgehead atoms. The number of hydrogen-bond acceptors (Lipinski definition) is 7. The molecule has 1 aromatic heterocycles. The topological polar surface area (TPSA) is 64.1 Å². The zero-order valence-electron chi connectivity index (χ0n) is 12.8. The number of hydrogen-bond donors (Lipinski definition) is 1. The Kier molecular flexibility index (Phi) is 6.21. The number of nitrogens with zero attached hydrogens (tertiary/aromatic N) is 2. The normalized spacial score (nSPS) is 10.7. The van der Waals surface area contributed by atoms with Gasteiger partial charge in [0, 0.05) is 6.54 Å². The predicted molar refractivity (Wildman–Crippen MR) is 91.3 cm³/mol. The van der Waals surface area contributed by atoms with Crippen LogP contribution in [0.5, 0.6) is 5.75 Å². The Balaban J connectivity index is 1.91. The number of benzene rings is 1. The lowest BCUT2D eigenvalue weighted by atomic mass is 10.1. The van der Waals surface area contributed by atoms with Gasteiger partial charge in [0.1, 0.15) is 5.75 Å². The van der Waals surface area contributed by atoms with Gasteiger partial charge in [-0.25, -0.2) is 0 Å². The number of para-hydroxylation sites is 1. The van der Waals surface area contributed by atoms with Gasteiger partial charge >= 0.3 is 0 Å². The van der Waals surface area contributed by atoms with Crippen LogP contribution in [0.3, 0.4) is 0 Å². The van der Waals surface area contributed by atoms with E-state index in [-0.39, 0.29) is 5.78 Å². The van der Waals surface area contributed by atoms with E-state index in [1.54, 1.807) is 19.2 Å². The number of anilines is 1. The number of rotatable bonds is 8. The van der Waals surface area contributed by atoms with Crippen LogP contribution in [0, 0.1) is 5.92 Å². The molecule has 1 N–H and O–H groups in total. The largest absolute Gasteiger partial charge is 0.496 e. The summed E-state index contributed by atoms with van der Waals surface area (Å²) in [6, 6.07) is 7.24. The van der Waals surface area contributed by atoms with Crippen LogP contribution < -0.4 is 10.1 Å². The van der Waals surface area contributed by atoms with Crippen molar-refractivity contribution in [3.8, 4) is 5.75 Å². The summed E-state index contributed by atoms with van der Waals surface area (Å²) in [6.07, 6.45) is 0. The Morgan fingerprint density at radius 2 is 2.14 bits per heavy atom. The van der Waals surface area contributed by atoms with Crippen LogP contribution in [0.4, 0.5) is 5.13 Å². The van der Waals surface area contributed by atoms with Crippen molar-refractivity contribution in [1.82, 2.24) is 10.2 Å². The average Bonchev–Trinajstić information content (AvgIpc) is 2.98. The average molecular weight is 337 g/mol. The first-order valence-electron chi connectivity index (χ1n) is 6.96. The summed E-state index contributed by atoms with van der Waals surface area (Å²) in [5.74, 6) is 1.49. The third kappa shape index (κ3) is 4.71. The van der Waals surface area contributed by atoms with Crippen LogP contribution in [0.2, 0.25) is 0 Å². The highest BCUT2D eigenvalue weighted by molar-refractivity contribution is 8.01. The fourth-order valence-electron chi connectivity index (χ4n) is 1.71. The van der Waals surface area contributed by atoms with Crippen molar-refractivity contribution in [2.75, 3.05) is 24.7 Å². The molecule has 0 saturated carbocycles. The summed E-state index contributed by atoms with van der Waals surface area (Å²) >= 11 is 2.87. The molecule has 0 unspecified atom stereocenters. The number of aromatic nitrogens is 2. The number of carbonyl (C=O) groups excluding carboxylic acids is 1. The molecule has 2 rings (SSSR count). The molecule has 0 atom stereocenters. The van der Waals surface area contributed by atoms with Gasteiger partial charge in [-0.15, -0.1) is 10.2 Å². The van der Waals surface area contributed by atoms with Crippen molar-refractivity contribution in [2.24, 2.45) is 5.92 Å². The highest BCUT2D eigenvalue weighted by Gasteiger charge is 2.13. The molecular formula is C15H19N3O2S2. The number of thioether (sulfide) groups is 1. The van der Waals surface area contributed by atoms with Crippen LogP contribution in [0.25, 0.3) is 0 Å². The number of Topliss-reactive ketones (excluding diaryl/α,β-unsaturated/α-hetero) is 1. The van der Waals surface area contributed by atoms with E-state index in [1.807, 2.05) is 12.1 Å². The van der Waals surface area contributed by atoms with E-state index in [0.29, 0.717) is 23.0 Å². The minimum Gasteiger partial charge on any atom is -0.496 e. The lowest BCUT2D eigenvalue weighted by Gasteiger charge is -2.06. The second kappa shape index (κ2) is 8.14. The van der Waals surface area contributed by atoms with Gasteiger partial charge in [-0.2, -0.15) is 0 Å². The zero-order valence-corrected chi connectivity index (χ0v) is 14.5. The van der Waals surface area contributed by atoms with Gasteiger partial charge in [-0.1, -0.05) is 49.1 Å². The molecule has 0 amide bonds. The summed E-state index contributed by atoms with van der Waals surface area (Å²) in [5.41, 5.74) is 0.597. The molecule has 0 fully saturated rings. The van der Waals surface area contributed by atoms with Gasteiger partial charge in [-0.05, 0) is 18.1 Å². The third-order valence-corrected chi connectivity index (χ3v) is 4.82. The van der Waals surface area contributed by atoms with Crippen molar-refractivity contribution >= 4 is 34.0 Å². The minimum atomic E-state index is 0.0225. The van der Waals surface area contributed by atoms with Gasteiger partial charge in [0.15, 0.2) is 10.1 Å². The van der Waals surface area contributed by atoms with Crippen molar-refractivity contribution in [1.29, 1.82) is 0 Å². The molecule has 1 heterocycles. The lowest BCUT2D eigenvalue weighted by molar-refractivity contribution is 0.101. The fraction of sp³-hybridized carbons (Fsp3) is 0.400. The summed E-state index contributed by atoms with van der Waals surface area (Å²) in [4.78, 5) is 12.3. The molecule has 1 aromatic carbocycles. The highest BCUT2D eigenvalue weighted by Crippen LogP contribution is 2.27. The monoisotopic (exact) mass is 337 g/mol. The molecule has 0 aliphatic carbocycles. The third-order valence-electron chi connectivity index (χ3n) is 2.80. The molecule has 5 nitrogen and oxygen atoms in total. The molecule has 0 aliphatic rings. The summed E-state index contributed by atoms with van der Waals surface area (Å²) < 4.78 is 6.00. The van der Waals surface area contributed by atoms with E-state index in [4.69, 9.17) is 4.74 Å². The zero-order chi connectivity index (χ0) is 15.9. The van der Waals surface area contributed by atoms with Crippen molar-refractivity contribution < 1.29 is 9.53 Å². The first-order valence-corrected chi connectivity index (χ1v) is 8.76. The van der Waals surface area contributed by atoms with Gasteiger partial charge in [0.25, 0.3) is 0 Å². The number of ketones is 1. The highest BCUT2D eigenvalue weighted by atomic mass is 32.2. The summed E-state index contributed by atoms with van der Waals surface area (Å²) in [7, 11) is 1.57. The van der Waals surface area contributed by atoms with Crippen molar-refractivity contribution in [3.63, 3.8) is 0 Å². The summed E-state index contributed by atoms with van der Waals surface area (Å²) in [6.45, 7) is 5.13. The van der Waals surface area contributed by atoms with E-state index < -0.39 is 0 Å². The molecule has 0 radical (unpaired) electrons. The molecule has 0 spiro atoms. The van der Waals surface area contributed by atoms with Gasteiger partial charge < -0.3 is 10.1 Å². The fourth-order valence-corrected chi connectivity index (χ4v) is 3.35. The van der Waals surface area contributed by atoms with Gasteiger partial charge in [0.05, 0.1) is 18.4 Å². The van der Waals surface area contributed by atoms with Crippen molar-refractivity contribution in [2.45, 2.75) is 18.2 Å². The molecule has 7 heteroatoms. The quantitative estimate of drug-likeness (QED) is 0.587. The Bertz CT molecular complexity index is 629. The second-order valence-corrected chi connectivity index (χ2v) is 7.26. The maximum Gasteiger partial charge on any atom is 0.206 e. The van der Waals surface area contributed by atoms with Crippen LogP contribution in [-0.4, -0.2) is 35.4 Å². The van der Waals surface area contributed by atoms with Gasteiger partial charge in [0.2, 0.25) is 5.13 Å². The van der Waals surface area contributed by atoms with Crippen LogP contribution in [-0.2, 0) is 0 Å². The maximum atomic E-state index is 12.3. The van der Waals surface area contributed by atoms with Gasteiger partial charge in [-0.3, -0.25) is 4.79 Å². The first-order chi connectivity index (χ1) is 10.6. The van der Waals surface area contributed by atoms with Crippen molar-refractivity contribution in [3.05, 3.63) is 29.8 Å². The molecule has 22 heavy (non-hydrogen) atoms. The van der Waals surface area contributed by atoms with Crippen LogP contribution >= 0.6 is 23.1 Å². The molecule has 118 valence electrons. The SMILES string of the molecule is COc1ccccc1C(=O)CSc1nnc(NCC(C)C)s1. The second-order valence-electron chi connectivity index (χ2n) is 5.06. The minimum absolute atomic E-state index is 0.0225.